The second-order valence-corrected chi connectivity index (χ2v) is 5.96. The third-order valence-corrected chi connectivity index (χ3v) is 4.51. The molecule has 0 amide bonds. The molecule has 2 aromatic heterocycles. The molecule has 8 heteroatoms. The second kappa shape index (κ2) is 5.68. The lowest BCUT2D eigenvalue weighted by Gasteiger charge is -2.02. The second-order valence-electron chi connectivity index (χ2n) is 4.32. The highest BCUT2D eigenvalue weighted by Crippen LogP contribution is 2.19. The number of nitrogens with two attached hydrogens (primary N) is 1. The number of aromatic nitrogens is 3. The first-order valence-electron chi connectivity index (χ1n) is 5.88. The maximum absolute atomic E-state index is 5.56. The Balaban J connectivity index is 2.26. The van der Waals surface area contributed by atoms with Crippen LogP contribution in [0, 0.1) is 17.8 Å². The Bertz CT molecular complexity index is 712. The van der Waals surface area contributed by atoms with Crippen LogP contribution in [-0.4, -0.2) is 20.2 Å². The molecule has 0 saturated carbocycles. The Labute approximate surface area is 125 Å². The van der Waals surface area contributed by atoms with E-state index < -0.39 is 0 Å². The van der Waals surface area contributed by atoms with Crippen molar-refractivity contribution < 1.29 is 4.84 Å². The summed E-state index contributed by atoms with van der Waals surface area (Å²) in [6, 6.07) is 1.67. The van der Waals surface area contributed by atoms with E-state index in [1.54, 1.807) is 6.07 Å². The van der Waals surface area contributed by atoms with Gasteiger partial charge in [0.15, 0.2) is 3.95 Å². The molecule has 0 saturated heterocycles. The number of thiazole rings is 1. The van der Waals surface area contributed by atoms with Gasteiger partial charge in [0, 0.05) is 24.5 Å². The predicted octanol–water partition coefficient (Wildman–Crippen LogP) is 2.61. The summed E-state index contributed by atoms with van der Waals surface area (Å²) in [6.07, 6.45) is 0. The van der Waals surface area contributed by atoms with Crippen LogP contribution in [0.1, 0.15) is 23.2 Å². The standard InChI is InChI=1S/C12H15N5OS2/c1-6-5-9(15-11(13)14-6)18-16-7(2)10-8(3)17(4)12(19)20-10/h5H,1-4H3,(H2,13,14,15)/b16-7+. The van der Waals surface area contributed by atoms with Crippen molar-refractivity contribution in [3.63, 3.8) is 0 Å². The van der Waals surface area contributed by atoms with Crippen LogP contribution in [0.4, 0.5) is 5.95 Å². The minimum atomic E-state index is 0.166. The van der Waals surface area contributed by atoms with Crippen molar-refractivity contribution in [2.75, 3.05) is 5.73 Å². The minimum absolute atomic E-state index is 0.166. The van der Waals surface area contributed by atoms with Crippen LogP contribution < -0.4 is 10.6 Å². The molecule has 0 aliphatic rings. The maximum atomic E-state index is 5.56. The zero-order valence-corrected chi connectivity index (χ0v) is 13.3. The molecular weight excluding hydrogens is 294 g/mol. The SMILES string of the molecule is C/C(=N\Oc1cc(C)nc(N)n1)c1sc(=S)n(C)c1C. The van der Waals surface area contributed by atoms with E-state index in [0.29, 0.717) is 5.88 Å². The smallest absolute Gasteiger partial charge is 0.253 e. The highest BCUT2D eigenvalue weighted by Gasteiger charge is 2.10. The summed E-state index contributed by atoms with van der Waals surface area (Å²) in [7, 11) is 1.93. The molecule has 0 radical (unpaired) electrons. The molecule has 0 atom stereocenters. The van der Waals surface area contributed by atoms with Crippen LogP contribution in [0.25, 0.3) is 0 Å². The number of aryl methyl sites for hydroxylation is 1. The van der Waals surface area contributed by atoms with Crippen LogP contribution in [0.5, 0.6) is 5.88 Å². The normalized spacial score (nSPS) is 11.7. The molecule has 0 bridgehead atoms. The first-order chi connectivity index (χ1) is 9.38. The Hall–Kier alpha value is -1.80. The quantitative estimate of drug-likeness (QED) is 0.535. The molecule has 0 fully saturated rings. The van der Waals surface area contributed by atoms with Crippen LogP contribution in [-0.2, 0) is 7.05 Å². The predicted molar refractivity (Wildman–Crippen MR) is 82.9 cm³/mol. The van der Waals surface area contributed by atoms with Gasteiger partial charge in [0.05, 0.1) is 10.6 Å². The first kappa shape index (κ1) is 14.6. The highest BCUT2D eigenvalue weighted by atomic mass is 32.1. The number of hydrogen-bond acceptors (Lipinski definition) is 7. The van der Waals surface area contributed by atoms with E-state index in [0.717, 1.165) is 25.9 Å². The Morgan fingerprint density at radius 1 is 1.45 bits per heavy atom. The van der Waals surface area contributed by atoms with Crippen molar-refractivity contribution in [2.24, 2.45) is 12.2 Å². The van der Waals surface area contributed by atoms with E-state index in [2.05, 4.69) is 15.1 Å². The number of nitrogens with zero attached hydrogens (tertiary/aromatic N) is 4. The van der Waals surface area contributed by atoms with Gasteiger partial charge in [-0.2, -0.15) is 4.98 Å². The van der Waals surface area contributed by atoms with E-state index >= 15 is 0 Å². The van der Waals surface area contributed by atoms with Gasteiger partial charge in [0.2, 0.25) is 5.95 Å². The molecule has 2 aromatic rings. The summed E-state index contributed by atoms with van der Waals surface area (Å²) in [4.78, 5) is 14.2. The lowest BCUT2D eigenvalue weighted by Crippen LogP contribution is -2.02. The third kappa shape index (κ3) is 3.02. The zero-order chi connectivity index (χ0) is 14.9. The molecule has 0 spiro atoms. The molecule has 0 unspecified atom stereocenters. The van der Waals surface area contributed by atoms with Crippen molar-refractivity contribution in [1.82, 2.24) is 14.5 Å². The van der Waals surface area contributed by atoms with Gasteiger partial charge in [0.1, 0.15) is 0 Å². The fraction of sp³-hybridized carbons (Fsp3) is 0.333. The van der Waals surface area contributed by atoms with Crippen molar-refractivity contribution in [3.8, 4) is 5.88 Å². The van der Waals surface area contributed by atoms with E-state index in [4.69, 9.17) is 22.8 Å². The number of nitrogen functional groups attached to an aromatic ring is 1. The molecule has 6 nitrogen and oxygen atoms in total. The lowest BCUT2D eigenvalue weighted by molar-refractivity contribution is 0.327. The van der Waals surface area contributed by atoms with Crippen LogP contribution in [0.15, 0.2) is 11.2 Å². The van der Waals surface area contributed by atoms with E-state index in [9.17, 15) is 0 Å². The van der Waals surface area contributed by atoms with Gasteiger partial charge in [-0.25, -0.2) is 4.98 Å². The van der Waals surface area contributed by atoms with Gasteiger partial charge in [0.25, 0.3) is 5.88 Å². The van der Waals surface area contributed by atoms with Crippen molar-refractivity contribution in [1.29, 1.82) is 0 Å². The van der Waals surface area contributed by atoms with Crippen molar-refractivity contribution >= 4 is 35.2 Å². The number of hydrogen-bond donors (Lipinski definition) is 1. The van der Waals surface area contributed by atoms with Crippen molar-refractivity contribution in [2.45, 2.75) is 20.8 Å². The summed E-state index contributed by atoms with van der Waals surface area (Å²) in [5, 5.41) is 4.08. The molecule has 2 N–H and O–H groups in total. The van der Waals surface area contributed by atoms with Gasteiger partial charge in [-0.15, -0.1) is 11.3 Å². The highest BCUT2D eigenvalue weighted by molar-refractivity contribution is 7.73. The largest absolute Gasteiger partial charge is 0.368 e. The van der Waals surface area contributed by atoms with Crippen molar-refractivity contribution in [3.05, 3.63) is 26.3 Å². The van der Waals surface area contributed by atoms with Crippen LogP contribution in [0.2, 0.25) is 0 Å². The number of rotatable bonds is 3. The van der Waals surface area contributed by atoms with Crippen LogP contribution in [0.3, 0.4) is 0 Å². The van der Waals surface area contributed by atoms with Gasteiger partial charge < -0.3 is 15.1 Å². The lowest BCUT2D eigenvalue weighted by atomic mass is 10.3. The zero-order valence-electron chi connectivity index (χ0n) is 11.7. The first-order valence-corrected chi connectivity index (χ1v) is 7.10. The monoisotopic (exact) mass is 309 g/mol. The number of anilines is 1. The molecule has 106 valence electrons. The Kier molecular flexibility index (Phi) is 4.15. The Morgan fingerprint density at radius 2 is 2.15 bits per heavy atom. The minimum Gasteiger partial charge on any atom is -0.368 e. The summed E-state index contributed by atoms with van der Waals surface area (Å²) in [5.41, 5.74) is 8.09. The van der Waals surface area contributed by atoms with Gasteiger partial charge in [-0.3, -0.25) is 0 Å². The average Bonchev–Trinajstić information content (AvgIpc) is 2.63. The molecule has 0 aromatic carbocycles. The molecular formula is C12H15N5OS2. The summed E-state index contributed by atoms with van der Waals surface area (Å²) in [5.74, 6) is 0.492. The molecule has 0 aliphatic carbocycles. The van der Waals surface area contributed by atoms with E-state index in [-0.39, 0.29) is 5.95 Å². The molecule has 2 heterocycles. The average molecular weight is 309 g/mol. The maximum Gasteiger partial charge on any atom is 0.253 e. The van der Waals surface area contributed by atoms with Gasteiger partial charge in [-0.05, 0) is 33.0 Å². The summed E-state index contributed by atoms with van der Waals surface area (Å²) < 4.78 is 2.75. The Morgan fingerprint density at radius 3 is 2.70 bits per heavy atom. The van der Waals surface area contributed by atoms with E-state index in [1.807, 2.05) is 32.4 Å². The summed E-state index contributed by atoms with van der Waals surface area (Å²) >= 11 is 6.74. The topological polar surface area (TPSA) is 78.3 Å². The van der Waals surface area contributed by atoms with Gasteiger partial charge in [-0.1, -0.05) is 5.16 Å². The summed E-state index contributed by atoms with van der Waals surface area (Å²) in [6.45, 7) is 5.67. The van der Waals surface area contributed by atoms with E-state index in [1.165, 1.54) is 11.3 Å². The number of oxime groups is 1. The molecule has 0 aliphatic heterocycles. The molecule has 2 rings (SSSR count). The van der Waals surface area contributed by atoms with Gasteiger partial charge >= 0.3 is 0 Å². The third-order valence-electron chi connectivity index (χ3n) is 2.75. The van der Waals surface area contributed by atoms with Crippen LogP contribution >= 0.6 is 23.6 Å². The fourth-order valence-electron chi connectivity index (χ4n) is 1.62. The fourth-order valence-corrected chi connectivity index (χ4v) is 2.92. The molecule has 20 heavy (non-hydrogen) atoms.